The number of ether oxygens (including phenoxy) is 1. The van der Waals surface area contributed by atoms with Crippen LogP contribution in [0.4, 0.5) is 0 Å². The second-order valence-corrected chi connectivity index (χ2v) is 6.87. The molecule has 1 aromatic heterocycles. The van der Waals surface area contributed by atoms with Crippen molar-refractivity contribution in [2.75, 3.05) is 6.26 Å². The molecular weight excluding hydrogens is 308 g/mol. The van der Waals surface area contributed by atoms with Crippen LogP contribution >= 0.6 is 12.2 Å². The Morgan fingerprint density at radius 2 is 2.10 bits per heavy atom. The molecule has 110 valence electrons. The molecule has 21 heavy (non-hydrogen) atoms. The lowest BCUT2D eigenvalue weighted by atomic mass is 10.2. The van der Waals surface area contributed by atoms with Gasteiger partial charge in [-0.2, -0.15) is 0 Å². The van der Waals surface area contributed by atoms with Crippen molar-refractivity contribution in [3.05, 3.63) is 53.9 Å². The third kappa shape index (κ3) is 3.99. The van der Waals surface area contributed by atoms with Crippen LogP contribution in [0.25, 0.3) is 0 Å². The van der Waals surface area contributed by atoms with Crippen LogP contribution in [0.5, 0.6) is 5.75 Å². The highest BCUT2D eigenvalue weighted by atomic mass is 32.2. The Morgan fingerprint density at radius 1 is 1.33 bits per heavy atom. The van der Waals surface area contributed by atoms with E-state index in [1.807, 2.05) is 6.07 Å². The summed E-state index contributed by atoms with van der Waals surface area (Å²) in [6.07, 6.45) is 2.75. The molecular formula is C14H14N2O3S2. The molecule has 0 unspecified atom stereocenters. The lowest BCUT2D eigenvalue weighted by Crippen LogP contribution is -2.15. The first-order valence-electron chi connectivity index (χ1n) is 6.04. The molecule has 0 aliphatic carbocycles. The number of hydrogen-bond acceptors (Lipinski definition) is 5. The Labute approximate surface area is 128 Å². The fourth-order valence-corrected chi connectivity index (χ4v) is 2.57. The third-order valence-corrected chi connectivity index (χ3v) is 4.06. The van der Waals surface area contributed by atoms with E-state index in [0.717, 1.165) is 11.8 Å². The Hall–Kier alpha value is -1.99. The highest BCUT2D eigenvalue weighted by Gasteiger charge is 2.10. The molecule has 0 aliphatic rings. The summed E-state index contributed by atoms with van der Waals surface area (Å²) in [4.78, 5) is 4.51. The predicted octanol–water partition coefficient (Wildman–Crippen LogP) is 1.70. The minimum atomic E-state index is -3.26. The summed E-state index contributed by atoms with van der Waals surface area (Å²) in [7, 11) is -3.26. The van der Waals surface area contributed by atoms with Crippen LogP contribution in [0.2, 0.25) is 0 Å². The summed E-state index contributed by atoms with van der Waals surface area (Å²) in [5.74, 6) is 0.454. The molecule has 2 rings (SSSR count). The van der Waals surface area contributed by atoms with Gasteiger partial charge in [-0.15, -0.1) is 0 Å². The highest BCUT2D eigenvalue weighted by molar-refractivity contribution is 7.90. The molecule has 1 aromatic carbocycles. The molecule has 2 N–H and O–H groups in total. The van der Waals surface area contributed by atoms with E-state index in [2.05, 4.69) is 4.98 Å². The number of pyridine rings is 1. The Balaban J connectivity index is 2.20. The number of sulfone groups is 1. The van der Waals surface area contributed by atoms with Crippen molar-refractivity contribution in [2.24, 2.45) is 5.73 Å². The average Bonchev–Trinajstić information content (AvgIpc) is 2.45. The second kappa shape index (κ2) is 6.19. The standard InChI is InChI=1S/C14H14N2O3S2/c1-21(17,18)12-6-2-5-11(8-12)19-9-10-4-3-7-16-13(10)14(15)20/h2-8H,9H2,1H3,(H2,15,20). The van der Waals surface area contributed by atoms with Gasteiger partial charge in [0.2, 0.25) is 0 Å². The number of hydrogen-bond donors (Lipinski definition) is 1. The number of thiocarbonyl (C=S) groups is 1. The van der Waals surface area contributed by atoms with E-state index >= 15 is 0 Å². The van der Waals surface area contributed by atoms with Gasteiger partial charge in [0.15, 0.2) is 9.84 Å². The van der Waals surface area contributed by atoms with E-state index in [4.69, 9.17) is 22.7 Å². The van der Waals surface area contributed by atoms with Crippen LogP contribution in [0, 0.1) is 0 Å². The molecule has 0 fully saturated rings. The Bertz CT molecular complexity index is 773. The first kappa shape index (κ1) is 15.4. The molecule has 5 nitrogen and oxygen atoms in total. The van der Waals surface area contributed by atoms with Gasteiger partial charge in [-0.3, -0.25) is 4.98 Å². The fraction of sp³-hybridized carbons (Fsp3) is 0.143. The maximum absolute atomic E-state index is 11.5. The maximum atomic E-state index is 11.5. The first-order chi connectivity index (χ1) is 9.88. The quantitative estimate of drug-likeness (QED) is 0.844. The van der Waals surface area contributed by atoms with Crippen molar-refractivity contribution in [3.63, 3.8) is 0 Å². The van der Waals surface area contributed by atoms with Crippen molar-refractivity contribution in [1.82, 2.24) is 4.98 Å². The minimum Gasteiger partial charge on any atom is -0.489 e. The van der Waals surface area contributed by atoms with Crippen LogP contribution in [-0.4, -0.2) is 24.6 Å². The minimum absolute atomic E-state index is 0.194. The summed E-state index contributed by atoms with van der Waals surface area (Å²) in [6, 6.07) is 9.88. The number of nitrogens with two attached hydrogens (primary N) is 1. The average molecular weight is 322 g/mol. The van der Waals surface area contributed by atoms with Crippen molar-refractivity contribution < 1.29 is 13.2 Å². The van der Waals surface area contributed by atoms with Gasteiger partial charge in [0.05, 0.1) is 4.90 Å². The van der Waals surface area contributed by atoms with E-state index in [1.165, 1.54) is 12.1 Å². The van der Waals surface area contributed by atoms with Crippen molar-refractivity contribution in [3.8, 4) is 5.75 Å². The van der Waals surface area contributed by atoms with Crippen molar-refractivity contribution >= 4 is 27.0 Å². The van der Waals surface area contributed by atoms with Gasteiger partial charge in [-0.05, 0) is 24.3 Å². The Kier molecular flexibility index (Phi) is 4.54. The van der Waals surface area contributed by atoms with E-state index in [9.17, 15) is 8.42 Å². The highest BCUT2D eigenvalue weighted by Crippen LogP contribution is 2.19. The molecule has 1 heterocycles. The van der Waals surface area contributed by atoms with Gasteiger partial charge >= 0.3 is 0 Å². The zero-order valence-electron chi connectivity index (χ0n) is 11.3. The van der Waals surface area contributed by atoms with Crippen LogP contribution in [-0.2, 0) is 16.4 Å². The third-order valence-electron chi connectivity index (χ3n) is 2.75. The van der Waals surface area contributed by atoms with Gasteiger partial charge in [-0.1, -0.05) is 24.4 Å². The molecule has 0 spiro atoms. The zero-order valence-corrected chi connectivity index (χ0v) is 12.9. The summed E-state index contributed by atoms with van der Waals surface area (Å²) in [6.45, 7) is 0.202. The molecule has 0 atom stereocenters. The van der Waals surface area contributed by atoms with Crippen LogP contribution < -0.4 is 10.5 Å². The first-order valence-corrected chi connectivity index (χ1v) is 8.34. The molecule has 2 aromatic rings. The summed E-state index contributed by atoms with van der Waals surface area (Å²) >= 11 is 4.93. The molecule has 0 bridgehead atoms. The van der Waals surface area contributed by atoms with Gasteiger partial charge in [-0.25, -0.2) is 8.42 Å². The van der Waals surface area contributed by atoms with Crippen LogP contribution in [0.1, 0.15) is 11.3 Å². The molecule has 0 saturated carbocycles. The maximum Gasteiger partial charge on any atom is 0.175 e. The van der Waals surface area contributed by atoms with Crippen LogP contribution in [0.15, 0.2) is 47.5 Å². The number of benzene rings is 1. The van der Waals surface area contributed by atoms with Gasteiger partial charge in [0.1, 0.15) is 23.0 Å². The van der Waals surface area contributed by atoms with Crippen molar-refractivity contribution in [1.29, 1.82) is 0 Å². The summed E-state index contributed by atoms with van der Waals surface area (Å²) in [5, 5.41) is 0. The SMILES string of the molecule is CS(=O)(=O)c1cccc(OCc2cccnc2C(N)=S)c1. The number of nitrogens with zero attached hydrogens (tertiary/aromatic N) is 1. The lowest BCUT2D eigenvalue weighted by Gasteiger charge is -2.10. The number of rotatable bonds is 5. The topological polar surface area (TPSA) is 82.3 Å². The molecule has 0 aliphatic heterocycles. The van der Waals surface area contributed by atoms with E-state index in [-0.39, 0.29) is 16.5 Å². The summed E-state index contributed by atoms with van der Waals surface area (Å²) in [5.41, 5.74) is 6.85. The largest absolute Gasteiger partial charge is 0.489 e. The van der Waals surface area contributed by atoms with Gasteiger partial charge < -0.3 is 10.5 Å². The normalized spacial score (nSPS) is 11.1. The molecule has 0 saturated heterocycles. The van der Waals surface area contributed by atoms with E-state index in [0.29, 0.717) is 11.4 Å². The number of aromatic nitrogens is 1. The van der Waals surface area contributed by atoms with E-state index < -0.39 is 9.84 Å². The summed E-state index contributed by atoms with van der Waals surface area (Å²) < 4.78 is 28.6. The molecule has 0 radical (unpaired) electrons. The monoisotopic (exact) mass is 322 g/mol. The van der Waals surface area contributed by atoms with Crippen LogP contribution in [0.3, 0.4) is 0 Å². The smallest absolute Gasteiger partial charge is 0.175 e. The fourth-order valence-electron chi connectivity index (χ4n) is 1.73. The van der Waals surface area contributed by atoms with Crippen molar-refractivity contribution in [2.45, 2.75) is 11.5 Å². The predicted molar refractivity (Wildman–Crippen MR) is 84.0 cm³/mol. The van der Waals surface area contributed by atoms with Gasteiger partial charge in [0.25, 0.3) is 0 Å². The molecule has 7 heteroatoms. The zero-order chi connectivity index (χ0) is 15.5. The molecule has 0 amide bonds. The Morgan fingerprint density at radius 3 is 2.76 bits per heavy atom. The lowest BCUT2D eigenvalue weighted by molar-refractivity contribution is 0.304. The second-order valence-electron chi connectivity index (χ2n) is 4.41. The van der Waals surface area contributed by atoms with Gasteiger partial charge in [0, 0.05) is 18.0 Å². The van der Waals surface area contributed by atoms with E-state index in [1.54, 1.807) is 24.4 Å².